The molecule has 0 fully saturated rings. The quantitative estimate of drug-likeness (QED) is 0.207. The van der Waals surface area contributed by atoms with Gasteiger partial charge in [-0.15, -0.1) is 0 Å². The number of hydrazine groups is 1. The molecule has 0 aromatic heterocycles. The molecule has 1 aromatic rings. The molecular formula is C6H9ClFeN2. The van der Waals surface area contributed by atoms with Crippen LogP contribution in [0.3, 0.4) is 0 Å². The molecule has 0 amide bonds. The van der Waals surface area contributed by atoms with Crippen molar-refractivity contribution in [3.63, 3.8) is 0 Å². The molecule has 4 heteroatoms. The van der Waals surface area contributed by atoms with Gasteiger partial charge in [0.2, 0.25) is 0 Å². The fourth-order valence-corrected chi connectivity index (χ4v) is 0.342. The van der Waals surface area contributed by atoms with Crippen LogP contribution in [0.15, 0.2) is 30.3 Å². The number of rotatable bonds is 0. The van der Waals surface area contributed by atoms with Gasteiger partial charge in [-0.05, 0) is 0 Å². The summed E-state index contributed by atoms with van der Waals surface area (Å²) >= 11 is 0. The van der Waals surface area contributed by atoms with Crippen LogP contribution in [0, 0.1) is 6.07 Å². The third kappa shape index (κ3) is 10.8. The number of hydrogen-bond acceptors (Lipinski definition) is 2. The molecule has 1 aromatic carbocycles. The number of hydrogen-bond donors (Lipinski definition) is 2. The van der Waals surface area contributed by atoms with Crippen molar-refractivity contribution in [1.29, 1.82) is 0 Å². The molecule has 0 aliphatic carbocycles. The molecule has 0 saturated carbocycles. The Morgan fingerprint density at radius 1 is 0.900 bits per heavy atom. The van der Waals surface area contributed by atoms with Crippen molar-refractivity contribution < 1.29 is 29.5 Å². The molecule has 0 spiro atoms. The normalized spacial score (nSPS) is 5.40. The topological polar surface area (TPSA) is 52.0 Å². The average Bonchev–Trinajstić information content (AvgIpc) is 1.96. The summed E-state index contributed by atoms with van der Waals surface area (Å²) in [4.78, 5) is 0. The van der Waals surface area contributed by atoms with Crippen molar-refractivity contribution >= 4 is 0 Å². The van der Waals surface area contributed by atoms with Crippen LogP contribution in [0.1, 0.15) is 0 Å². The molecule has 0 bridgehead atoms. The molecule has 0 aliphatic rings. The smallest absolute Gasteiger partial charge is 1.00 e. The minimum atomic E-state index is 0. The summed E-state index contributed by atoms with van der Waals surface area (Å²) < 4.78 is 0. The minimum Gasteiger partial charge on any atom is -1.00 e. The van der Waals surface area contributed by atoms with Gasteiger partial charge in [-0.1, -0.05) is 0 Å². The Morgan fingerprint density at radius 3 is 1.40 bits per heavy atom. The number of nitrogens with two attached hydrogens (primary N) is 2. The molecule has 0 saturated heterocycles. The van der Waals surface area contributed by atoms with Crippen molar-refractivity contribution in [2.75, 3.05) is 0 Å². The maximum Gasteiger partial charge on any atom is 2.00 e. The Kier molecular flexibility index (Phi) is 26.4. The molecule has 10 heavy (non-hydrogen) atoms. The van der Waals surface area contributed by atoms with Crippen LogP contribution < -0.4 is 24.1 Å². The van der Waals surface area contributed by atoms with E-state index < -0.39 is 0 Å². The first-order valence-electron chi connectivity index (χ1n) is 2.24. The summed E-state index contributed by atoms with van der Waals surface area (Å²) in [5.41, 5.74) is 0. The second-order valence-corrected chi connectivity index (χ2v) is 1.08. The monoisotopic (exact) mass is 200 g/mol. The zero-order valence-corrected chi connectivity index (χ0v) is 7.13. The summed E-state index contributed by atoms with van der Waals surface area (Å²) in [6.45, 7) is 0. The fourth-order valence-electron chi connectivity index (χ4n) is 0.342. The first-order valence-corrected chi connectivity index (χ1v) is 2.24. The summed E-state index contributed by atoms with van der Waals surface area (Å²) in [5.74, 6) is 8.00. The Labute approximate surface area is 77.8 Å². The molecule has 2 nitrogen and oxygen atoms in total. The third-order valence-corrected chi connectivity index (χ3v) is 0.607. The van der Waals surface area contributed by atoms with E-state index >= 15 is 0 Å². The van der Waals surface area contributed by atoms with Crippen LogP contribution in [0.2, 0.25) is 0 Å². The molecule has 0 radical (unpaired) electrons. The molecule has 0 heterocycles. The molecule has 1 rings (SSSR count). The largest absolute Gasteiger partial charge is 2.00 e. The van der Waals surface area contributed by atoms with Gasteiger partial charge in [0, 0.05) is 0 Å². The minimum absolute atomic E-state index is 0. The van der Waals surface area contributed by atoms with E-state index in [4.69, 9.17) is 0 Å². The van der Waals surface area contributed by atoms with E-state index in [9.17, 15) is 0 Å². The second kappa shape index (κ2) is 16.0. The molecule has 0 unspecified atom stereocenters. The van der Waals surface area contributed by atoms with Crippen LogP contribution in [0.4, 0.5) is 0 Å². The zero-order valence-electron chi connectivity index (χ0n) is 5.27. The van der Waals surface area contributed by atoms with E-state index in [0.29, 0.717) is 0 Å². The van der Waals surface area contributed by atoms with Crippen molar-refractivity contribution in [3.8, 4) is 0 Å². The fraction of sp³-hybridized carbons (Fsp3) is 0. The predicted molar refractivity (Wildman–Crippen MR) is 33.7 cm³/mol. The summed E-state index contributed by atoms with van der Waals surface area (Å²) in [6, 6.07) is 12.5. The van der Waals surface area contributed by atoms with Crippen molar-refractivity contribution in [3.05, 3.63) is 36.4 Å². The first-order chi connectivity index (χ1) is 4.00. The van der Waals surface area contributed by atoms with Gasteiger partial charge in [0.05, 0.1) is 0 Å². The van der Waals surface area contributed by atoms with E-state index in [1.54, 1.807) is 0 Å². The maximum absolute atomic E-state index is 4.00. The maximum atomic E-state index is 4.00. The SMILES string of the molecule is NN.[Cl-].[Fe+2].[c-]1ccccc1. The van der Waals surface area contributed by atoms with Gasteiger partial charge in [-0.3, -0.25) is 11.7 Å². The van der Waals surface area contributed by atoms with Crippen LogP contribution in [-0.2, 0) is 17.1 Å². The van der Waals surface area contributed by atoms with E-state index in [1.165, 1.54) is 0 Å². The van der Waals surface area contributed by atoms with Crippen LogP contribution in [0.25, 0.3) is 0 Å². The molecule has 0 atom stereocenters. The van der Waals surface area contributed by atoms with E-state index in [0.717, 1.165) is 0 Å². The summed E-state index contributed by atoms with van der Waals surface area (Å²) in [6.07, 6.45) is 0. The van der Waals surface area contributed by atoms with E-state index in [-0.39, 0.29) is 29.5 Å². The number of halogens is 1. The Balaban J connectivity index is -0.000000114. The van der Waals surface area contributed by atoms with Crippen LogP contribution in [0.5, 0.6) is 0 Å². The Bertz CT molecular complexity index is 87.7. The van der Waals surface area contributed by atoms with Gasteiger partial charge in [-0.25, -0.2) is 0 Å². The second-order valence-electron chi connectivity index (χ2n) is 1.08. The number of benzene rings is 1. The first kappa shape index (κ1) is 16.5. The van der Waals surface area contributed by atoms with Crippen molar-refractivity contribution in [1.82, 2.24) is 0 Å². The Morgan fingerprint density at radius 2 is 1.30 bits per heavy atom. The van der Waals surface area contributed by atoms with Gasteiger partial charge in [0.25, 0.3) is 0 Å². The molecule has 0 aliphatic heterocycles. The van der Waals surface area contributed by atoms with Crippen LogP contribution in [-0.4, -0.2) is 0 Å². The van der Waals surface area contributed by atoms with Gasteiger partial charge in [-0.2, -0.15) is 36.4 Å². The average molecular weight is 200 g/mol. The predicted octanol–water partition coefficient (Wildman–Crippen LogP) is -2.69. The standard InChI is InChI=1S/C6H5.ClH.Fe.H4N2/c1-2-4-6-5-3-1;;;1-2/h1-5H;1H;;1-2H2/q-1;;+2;/p-1. The molecule has 4 N–H and O–H groups in total. The van der Waals surface area contributed by atoms with Gasteiger partial charge >= 0.3 is 17.1 Å². The summed E-state index contributed by atoms with van der Waals surface area (Å²) in [5, 5.41) is 0. The summed E-state index contributed by atoms with van der Waals surface area (Å²) in [7, 11) is 0. The third-order valence-electron chi connectivity index (χ3n) is 0.607. The van der Waals surface area contributed by atoms with Gasteiger partial charge in [0.1, 0.15) is 0 Å². The van der Waals surface area contributed by atoms with Crippen molar-refractivity contribution in [2.24, 2.45) is 11.7 Å². The van der Waals surface area contributed by atoms with Crippen molar-refractivity contribution in [2.45, 2.75) is 0 Å². The van der Waals surface area contributed by atoms with E-state index in [1.807, 2.05) is 30.3 Å². The Hall–Kier alpha value is -0.0505. The van der Waals surface area contributed by atoms with Gasteiger partial charge < -0.3 is 12.4 Å². The molecular weight excluding hydrogens is 191 g/mol. The molecule has 58 valence electrons. The van der Waals surface area contributed by atoms with Gasteiger partial charge in [0.15, 0.2) is 0 Å². The van der Waals surface area contributed by atoms with Crippen LogP contribution >= 0.6 is 0 Å². The zero-order chi connectivity index (χ0) is 6.24. The van der Waals surface area contributed by atoms with E-state index in [2.05, 4.69) is 17.8 Å².